The van der Waals surface area contributed by atoms with Gasteiger partial charge in [0, 0.05) is 25.5 Å². The minimum atomic E-state index is -3.54. The summed E-state index contributed by atoms with van der Waals surface area (Å²) in [6.45, 7) is 3.31. The van der Waals surface area contributed by atoms with Gasteiger partial charge in [-0.3, -0.25) is 9.98 Å². The first-order valence-electron chi connectivity index (χ1n) is 8.68. The van der Waals surface area contributed by atoms with Gasteiger partial charge >= 0.3 is 0 Å². The van der Waals surface area contributed by atoms with Crippen LogP contribution in [0.3, 0.4) is 0 Å². The minimum absolute atomic E-state index is 0. The Morgan fingerprint density at radius 1 is 1.42 bits per heavy atom. The second-order valence-electron chi connectivity index (χ2n) is 6.21. The molecule has 0 amide bonds. The van der Waals surface area contributed by atoms with Crippen LogP contribution in [-0.2, 0) is 14.8 Å². The van der Waals surface area contributed by atoms with Gasteiger partial charge in [0.25, 0.3) is 0 Å². The maximum atomic E-state index is 12.1. The SMILES string of the molecule is CCNC(=NCCNS(=O)(=O)c1cccnc1)NC1CC2CCC1O2.I. The number of nitrogens with one attached hydrogen (secondary N) is 3. The van der Waals surface area contributed by atoms with Crippen molar-refractivity contribution in [3.05, 3.63) is 24.5 Å². The van der Waals surface area contributed by atoms with Crippen molar-refractivity contribution in [2.75, 3.05) is 19.6 Å². The first kappa shape index (κ1) is 21.3. The summed E-state index contributed by atoms with van der Waals surface area (Å²) in [6, 6.07) is 3.39. The van der Waals surface area contributed by atoms with Gasteiger partial charge in [-0.05, 0) is 38.3 Å². The van der Waals surface area contributed by atoms with Crippen molar-refractivity contribution in [2.45, 2.75) is 49.3 Å². The Hall–Kier alpha value is -0.980. The molecule has 2 aliphatic rings. The summed E-state index contributed by atoms with van der Waals surface area (Å²) in [4.78, 5) is 8.44. The molecule has 26 heavy (non-hydrogen) atoms. The van der Waals surface area contributed by atoms with Crippen LogP contribution in [0.25, 0.3) is 0 Å². The Morgan fingerprint density at radius 2 is 2.27 bits per heavy atom. The number of aliphatic imine (C=N–C) groups is 1. The maximum Gasteiger partial charge on any atom is 0.242 e. The normalized spacial score (nSPS) is 25.0. The van der Waals surface area contributed by atoms with E-state index in [4.69, 9.17) is 4.74 Å². The topological polar surface area (TPSA) is 105 Å². The van der Waals surface area contributed by atoms with Gasteiger partial charge in [0.2, 0.25) is 10.0 Å². The Balaban J connectivity index is 0.00000243. The van der Waals surface area contributed by atoms with Crippen LogP contribution in [0.4, 0.5) is 0 Å². The molecule has 3 N–H and O–H groups in total. The van der Waals surface area contributed by atoms with Gasteiger partial charge < -0.3 is 15.4 Å². The first-order chi connectivity index (χ1) is 12.1. The van der Waals surface area contributed by atoms with E-state index in [1.54, 1.807) is 6.07 Å². The number of hydrogen-bond donors (Lipinski definition) is 3. The molecule has 0 spiro atoms. The average molecular weight is 495 g/mol. The van der Waals surface area contributed by atoms with Gasteiger partial charge in [-0.1, -0.05) is 0 Å². The smallest absolute Gasteiger partial charge is 0.242 e. The number of hydrogen-bond acceptors (Lipinski definition) is 5. The molecule has 2 fully saturated rings. The number of sulfonamides is 1. The fourth-order valence-corrected chi connectivity index (χ4v) is 4.21. The number of halogens is 1. The third-order valence-electron chi connectivity index (χ3n) is 4.39. The van der Waals surface area contributed by atoms with E-state index >= 15 is 0 Å². The van der Waals surface area contributed by atoms with Crippen LogP contribution in [-0.4, -0.2) is 57.2 Å². The fraction of sp³-hybridized carbons (Fsp3) is 0.625. The highest BCUT2D eigenvalue weighted by Crippen LogP contribution is 2.34. The Bertz CT molecular complexity index is 701. The summed E-state index contributed by atoms with van der Waals surface area (Å²) in [5, 5.41) is 6.60. The molecule has 146 valence electrons. The van der Waals surface area contributed by atoms with Crippen LogP contribution >= 0.6 is 24.0 Å². The van der Waals surface area contributed by atoms with Crippen LogP contribution in [0.15, 0.2) is 34.4 Å². The largest absolute Gasteiger partial charge is 0.373 e. The Kier molecular flexibility index (Phi) is 8.05. The van der Waals surface area contributed by atoms with Crippen molar-refractivity contribution in [2.24, 2.45) is 4.99 Å². The predicted molar refractivity (Wildman–Crippen MR) is 110 cm³/mol. The summed E-state index contributed by atoms with van der Waals surface area (Å²) in [7, 11) is -3.54. The number of aromatic nitrogens is 1. The van der Waals surface area contributed by atoms with Crippen molar-refractivity contribution in [1.82, 2.24) is 20.3 Å². The highest BCUT2D eigenvalue weighted by molar-refractivity contribution is 14.0. The van der Waals surface area contributed by atoms with E-state index in [2.05, 4.69) is 25.3 Å². The van der Waals surface area contributed by atoms with Crippen molar-refractivity contribution in [1.29, 1.82) is 0 Å². The lowest BCUT2D eigenvalue weighted by Gasteiger charge is -2.22. The molecule has 0 radical (unpaired) electrons. The van der Waals surface area contributed by atoms with Crippen LogP contribution < -0.4 is 15.4 Å². The molecule has 0 aromatic carbocycles. The lowest BCUT2D eigenvalue weighted by Crippen LogP contribution is -2.47. The monoisotopic (exact) mass is 495 g/mol. The molecule has 2 saturated heterocycles. The highest BCUT2D eigenvalue weighted by Gasteiger charge is 2.41. The minimum Gasteiger partial charge on any atom is -0.373 e. The number of ether oxygens (including phenoxy) is 1. The summed E-state index contributed by atoms with van der Waals surface area (Å²) in [6.07, 6.45) is 6.74. The van der Waals surface area contributed by atoms with Crippen molar-refractivity contribution in [3.8, 4) is 0 Å². The molecule has 3 rings (SSSR count). The van der Waals surface area contributed by atoms with Crippen LogP contribution in [0.2, 0.25) is 0 Å². The summed E-state index contributed by atoms with van der Waals surface area (Å²) >= 11 is 0. The lowest BCUT2D eigenvalue weighted by molar-refractivity contribution is 0.0992. The standard InChI is InChI=1S/C16H25N5O3S.HI/c1-2-18-16(21-14-10-12-5-6-15(14)24-12)19-8-9-20-25(22,23)13-4-3-7-17-11-13;/h3-4,7,11-12,14-15,20H,2,5-6,8-10H2,1H3,(H2,18,19,21);1H. The van der Waals surface area contributed by atoms with E-state index in [9.17, 15) is 8.42 Å². The van der Waals surface area contributed by atoms with E-state index in [1.807, 2.05) is 6.92 Å². The molecular formula is C16H26IN5O3S. The van der Waals surface area contributed by atoms with Crippen molar-refractivity contribution in [3.63, 3.8) is 0 Å². The third kappa shape index (κ3) is 5.51. The molecule has 3 atom stereocenters. The van der Waals surface area contributed by atoms with Crippen LogP contribution in [0, 0.1) is 0 Å². The molecule has 3 unspecified atom stereocenters. The predicted octanol–water partition coefficient (Wildman–Crippen LogP) is 0.853. The highest BCUT2D eigenvalue weighted by atomic mass is 127. The molecular weight excluding hydrogens is 469 g/mol. The molecule has 0 saturated carbocycles. The molecule has 1 aromatic rings. The third-order valence-corrected chi connectivity index (χ3v) is 5.84. The van der Waals surface area contributed by atoms with Crippen molar-refractivity contribution < 1.29 is 13.2 Å². The van der Waals surface area contributed by atoms with Gasteiger partial charge in [-0.2, -0.15) is 0 Å². The number of rotatable bonds is 7. The zero-order chi connectivity index (χ0) is 17.7. The molecule has 1 aromatic heterocycles. The van der Waals surface area contributed by atoms with Crippen molar-refractivity contribution >= 4 is 40.0 Å². The number of nitrogens with zero attached hydrogens (tertiary/aromatic N) is 2. The van der Waals surface area contributed by atoms with Gasteiger partial charge in [-0.15, -0.1) is 24.0 Å². The van der Waals surface area contributed by atoms with E-state index < -0.39 is 10.0 Å². The molecule has 10 heteroatoms. The number of guanidine groups is 1. The molecule has 0 aliphatic carbocycles. The van der Waals surface area contributed by atoms with E-state index in [0.717, 1.165) is 25.8 Å². The number of pyridine rings is 1. The van der Waals surface area contributed by atoms with Crippen LogP contribution in [0.5, 0.6) is 0 Å². The van der Waals surface area contributed by atoms with Gasteiger partial charge in [0.1, 0.15) is 4.90 Å². The second kappa shape index (κ2) is 9.81. The Morgan fingerprint density at radius 3 is 2.88 bits per heavy atom. The van der Waals surface area contributed by atoms with Gasteiger partial charge in [0.15, 0.2) is 5.96 Å². The number of fused-ring (bicyclic) bond motifs is 2. The second-order valence-corrected chi connectivity index (χ2v) is 7.97. The lowest BCUT2D eigenvalue weighted by atomic mass is 9.96. The zero-order valence-corrected chi connectivity index (χ0v) is 17.9. The van der Waals surface area contributed by atoms with E-state index in [-0.39, 0.29) is 47.6 Å². The van der Waals surface area contributed by atoms with E-state index in [0.29, 0.717) is 18.6 Å². The maximum absolute atomic E-state index is 12.1. The van der Waals surface area contributed by atoms with Gasteiger partial charge in [0.05, 0.1) is 24.8 Å². The summed E-state index contributed by atoms with van der Waals surface area (Å²) in [5.74, 6) is 0.698. The molecule has 2 aliphatic heterocycles. The van der Waals surface area contributed by atoms with E-state index in [1.165, 1.54) is 18.5 Å². The quantitative estimate of drug-likeness (QED) is 0.224. The fourth-order valence-electron chi connectivity index (χ4n) is 3.22. The average Bonchev–Trinajstić information content (AvgIpc) is 3.22. The van der Waals surface area contributed by atoms with Gasteiger partial charge in [-0.25, -0.2) is 13.1 Å². The summed E-state index contributed by atoms with van der Waals surface area (Å²) in [5.41, 5.74) is 0. The zero-order valence-electron chi connectivity index (χ0n) is 14.7. The Labute approximate surface area is 171 Å². The van der Waals surface area contributed by atoms with Crippen LogP contribution in [0.1, 0.15) is 26.2 Å². The molecule has 2 bridgehead atoms. The molecule has 3 heterocycles. The summed E-state index contributed by atoms with van der Waals surface area (Å²) < 4.78 is 32.6. The first-order valence-corrected chi connectivity index (χ1v) is 10.2. The molecule has 8 nitrogen and oxygen atoms in total.